The number of amides is 1. The molecule has 21 heavy (non-hydrogen) atoms. The third-order valence-electron chi connectivity index (χ3n) is 3.32. The quantitative estimate of drug-likeness (QED) is 0.849. The lowest BCUT2D eigenvalue weighted by atomic mass is 10.1. The van der Waals surface area contributed by atoms with Gasteiger partial charge in [-0.2, -0.15) is 0 Å². The van der Waals surface area contributed by atoms with E-state index < -0.39 is 11.6 Å². The predicted molar refractivity (Wildman–Crippen MR) is 79.6 cm³/mol. The first-order chi connectivity index (χ1) is 9.65. The lowest BCUT2D eigenvalue weighted by molar-refractivity contribution is -0.120. The molecule has 0 bridgehead atoms. The van der Waals surface area contributed by atoms with Crippen molar-refractivity contribution in [2.24, 2.45) is 0 Å². The molecule has 1 aliphatic heterocycles. The lowest BCUT2D eigenvalue weighted by Gasteiger charge is -2.27. The molecule has 2 N–H and O–H groups in total. The van der Waals surface area contributed by atoms with Gasteiger partial charge >= 0.3 is 0 Å². The second-order valence-corrected chi connectivity index (χ2v) is 4.85. The zero-order chi connectivity index (χ0) is 14.4. The van der Waals surface area contributed by atoms with E-state index in [9.17, 15) is 13.6 Å². The molecule has 0 aliphatic carbocycles. The largest absolute Gasteiger partial charge is 0.355 e. The van der Waals surface area contributed by atoms with Crippen LogP contribution in [0.15, 0.2) is 18.2 Å². The molecule has 1 heterocycles. The Labute approximate surface area is 129 Å². The topological polar surface area (TPSA) is 44.4 Å². The van der Waals surface area contributed by atoms with Crippen LogP contribution >= 0.6 is 12.4 Å². The minimum absolute atomic E-state index is 0. The molecule has 1 aromatic carbocycles. The molecule has 0 atom stereocenters. The molecular weight excluding hydrogens is 300 g/mol. The number of rotatable bonds is 5. The first kappa shape index (κ1) is 17.8. The van der Waals surface area contributed by atoms with Gasteiger partial charge in [-0.05, 0) is 18.2 Å². The van der Waals surface area contributed by atoms with Gasteiger partial charge in [0.15, 0.2) is 0 Å². The van der Waals surface area contributed by atoms with Crippen molar-refractivity contribution in [3.63, 3.8) is 0 Å². The third kappa shape index (κ3) is 5.95. The predicted octanol–water partition coefficient (Wildman–Crippen LogP) is 0.950. The summed E-state index contributed by atoms with van der Waals surface area (Å²) in [6.07, 6.45) is -0.134. The number of hydrogen-bond donors (Lipinski definition) is 2. The van der Waals surface area contributed by atoms with Gasteiger partial charge < -0.3 is 10.6 Å². The van der Waals surface area contributed by atoms with E-state index in [2.05, 4.69) is 15.5 Å². The molecule has 0 spiro atoms. The summed E-state index contributed by atoms with van der Waals surface area (Å²) in [7, 11) is 0. The van der Waals surface area contributed by atoms with Crippen molar-refractivity contribution < 1.29 is 13.6 Å². The average Bonchev–Trinajstić information content (AvgIpc) is 2.44. The second kappa shape index (κ2) is 8.92. The SMILES string of the molecule is Cl.O=C(Cc1cc(F)ccc1F)NCCN1CCNCC1. The van der Waals surface area contributed by atoms with Crippen LogP contribution in [-0.2, 0) is 11.2 Å². The molecule has 1 aliphatic rings. The molecule has 1 fully saturated rings. The fourth-order valence-electron chi connectivity index (χ4n) is 2.20. The van der Waals surface area contributed by atoms with Gasteiger partial charge in [-0.25, -0.2) is 8.78 Å². The van der Waals surface area contributed by atoms with Crippen LogP contribution in [0.4, 0.5) is 8.78 Å². The van der Waals surface area contributed by atoms with Gasteiger partial charge in [0.1, 0.15) is 11.6 Å². The molecule has 0 saturated carbocycles. The van der Waals surface area contributed by atoms with Crippen LogP contribution in [0.2, 0.25) is 0 Å². The summed E-state index contributed by atoms with van der Waals surface area (Å²) in [4.78, 5) is 13.9. The highest BCUT2D eigenvalue weighted by atomic mass is 35.5. The maximum Gasteiger partial charge on any atom is 0.224 e. The van der Waals surface area contributed by atoms with Crippen LogP contribution in [0.25, 0.3) is 0 Å². The van der Waals surface area contributed by atoms with Crippen LogP contribution in [0.5, 0.6) is 0 Å². The Morgan fingerprint density at radius 3 is 2.71 bits per heavy atom. The zero-order valence-electron chi connectivity index (χ0n) is 11.7. The number of nitrogens with one attached hydrogen (secondary N) is 2. The molecule has 0 aromatic heterocycles. The zero-order valence-corrected chi connectivity index (χ0v) is 12.5. The van der Waals surface area contributed by atoms with Gasteiger partial charge in [-0.3, -0.25) is 9.69 Å². The molecule has 4 nitrogen and oxygen atoms in total. The Morgan fingerprint density at radius 2 is 2.00 bits per heavy atom. The smallest absolute Gasteiger partial charge is 0.224 e. The molecule has 1 amide bonds. The number of hydrogen-bond acceptors (Lipinski definition) is 3. The van der Waals surface area contributed by atoms with Crippen molar-refractivity contribution in [1.29, 1.82) is 0 Å². The van der Waals surface area contributed by atoms with Crippen molar-refractivity contribution in [2.45, 2.75) is 6.42 Å². The van der Waals surface area contributed by atoms with Crippen molar-refractivity contribution in [1.82, 2.24) is 15.5 Å². The highest BCUT2D eigenvalue weighted by molar-refractivity contribution is 5.85. The summed E-state index contributed by atoms with van der Waals surface area (Å²) in [6, 6.07) is 3.14. The summed E-state index contributed by atoms with van der Waals surface area (Å²) < 4.78 is 26.4. The monoisotopic (exact) mass is 319 g/mol. The Hall–Kier alpha value is -1.24. The Kier molecular flexibility index (Phi) is 7.56. The van der Waals surface area contributed by atoms with Crippen LogP contribution in [0, 0.1) is 11.6 Å². The van der Waals surface area contributed by atoms with Crippen LogP contribution in [0.3, 0.4) is 0 Å². The summed E-state index contributed by atoms with van der Waals surface area (Å²) in [5.74, 6) is -1.37. The average molecular weight is 320 g/mol. The number of piperazine rings is 1. The van der Waals surface area contributed by atoms with E-state index in [1.807, 2.05) is 0 Å². The van der Waals surface area contributed by atoms with Crippen molar-refractivity contribution in [3.05, 3.63) is 35.4 Å². The van der Waals surface area contributed by atoms with Crippen LogP contribution in [-0.4, -0.2) is 50.1 Å². The first-order valence-electron chi connectivity index (χ1n) is 6.79. The molecule has 0 radical (unpaired) electrons. The molecule has 2 rings (SSSR count). The van der Waals surface area contributed by atoms with Gasteiger partial charge in [0.25, 0.3) is 0 Å². The van der Waals surface area contributed by atoms with E-state index in [0.717, 1.165) is 50.9 Å². The summed E-state index contributed by atoms with van der Waals surface area (Å²) in [6.45, 7) is 5.16. The Bertz CT molecular complexity index is 468. The van der Waals surface area contributed by atoms with Crippen molar-refractivity contribution in [3.8, 4) is 0 Å². The van der Waals surface area contributed by atoms with Crippen molar-refractivity contribution >= 4 is 18.3 Å². The van der Waals surface area contributed by atoms with Gasteiger partial charge in [0, 0.05) is 44.8 Å². The standard InChI is InChI=1S/C14H19F2N3O.ClH/c15-12-1-2-13(16)11(9-12)10-14(20)18-5-8-19-6-3-17-4-7-19;/h1-2,9,17H,3-8,10H2,(H,18,20);1H. The van der Waals surface area contributed by atoms with Gasteiger partial charge in [0.05, 0.1) is 6.42 Å². The number of benzene rings is 1. The molecule has 7 heteroatoms. The molecule has 118 valence electrons. The Morgan fingerprint density at radius 1 is 1.29 bits per heavy atom. The van der Waals surface area contributed by atoms with Crippen LogP contribution < -0.4 is 10.6 Å². The minimum Gasteiger partial charge on any atom is -0.355 e. The summed E-state index contributed by atoms with van der Waals surface area (Å²) in [5.41, 5.74) is 0.0877. The summed E-state index contributed by atoms with van der Waals surface area (Å²) >= 11 is 0. The van der Waals surface area contributed by atoms with E-state index in [1.165, 1.54) is 0 Å². The fourth-order valence-corrected chi connectivity index (χ4v) is 2.20. The lowest BCUT2D eigenvalue weighted by Crippen LogP contribution is -2.46. The number of halogens is 3. The normalized spacial score (nSPS) is 15.3. The summed E-state index contributed by atoms with van der Waals surface area (Å²) in [5, 5.41) is 5.99. The number of nitrogens with zero attached hydrogens (tertiary/aromatic N) is 1. The van der Waals surface area contributed by atoms with Gasteiger partial charge in [0.2, 0.25) is 5.91 Å². The molecule has 1 aromatic rings. The van der Waals surface area contributed by atoms with E-state index in [-0.39, 0.29) is 30.3 Å². The van der Waals surface area contributed by atoms with E-state index >= 15 is 0 Å². The third-order valence-corrected chi connectivity index (χ3v) is 3.32. The Balaban J connectivity index is 0.00000220. The molecule has 1 saturated heterocycles. The maximum absolute atomic E-state index is 13.4. The van der Waals surface area contributed by atoms with E-state index in [4.69, 9.17) is 0 Å². The van der Waals surface area contributed by atoms with E-state index in [1.54, 1.807) is 0 Å². The fraction of sp³-hybridized carbons (Fsp3) is 0.500. The maximum atomic E-state index is 13.4. The first-order valence-corrected chi connectivity index (χ1v) is 6.79. The van der Waals surface area contributed by atoms with Crippen molar-refractivity contribution in [2.75, 3.05) is 39.3 Å². The van der Waals surface area contributed by atoms with Gasteiger partial charge in [-0.15, -0.1) is 12.4 Å². The molecule has 0 unspecified atom stereocenters. The minimum atomic E-state index is -0.552. The number of carbonyl (C=O) groups excluding carboxylic acids is 1. The van der Waals surface area contributed by atoms with E-state index in [0.29, 0.717) is 6.54 Å². The van der Waals surface area contributed by atoms with Gasteiger partial charge in [-0.1, -0.05) is 0 Å². The van der Waals surface area contributed by atoms with Crippen LogP contribution in [0.1, 0.15) is 5.56 Å². The molecular formula is C14H20ClF2N3O. The number of carbonyl (C=O) groups is 1. The second-order valence-electron chi connectivity index (χ2n) is 4.85. The highest BCUT2D eigenvalue weighted by Crippen LogP contribution is 2.10. The highest BCUT2D eigenvalue weighted by Gasteiger charge is 2.11.